The van der Waals surface area contributed by atoms with E-state index in [1.807, 2.05) is 0 Å². The Morgan fingerprint density at radius 1 is 1.38 bits per heavy atom. The molecule has 1 unspecified atom stereocenters. The van der Waals surface area contributed by atoms with Crippen molar-refractivity contribution in [1.29, 1.82) is 0 Å². The highest BCUT2D eigenvalue weighted by atomic mass is 16.5. The molecule has 13 heavy (non-hydrogen) atoms. The number of likely N-dealkylation sites (N-methyl/N-ethyl adjacent to an activating group) is 1. The average Bonchev–Trinajstić information content (AvgIpc) is 2.05. The summed E-state index contributed by atoms with van der Waals surface area (Å²) in [4.78, 5) is 4.67. The van der Waals surface area contributed by atoms with Gasteiger partial charge < -0.3 is 9.84 Å². The van der Waals surface area contributed by atoms with Gasteiger partial charge in [0, 0.05) is 25.7 Å². The number of rotatable bonds is 2. The second-order valence-corrected chi connectivity index (χ2v) is 4.00. The summed E-state index contributed by atoms with van der Waals surface area (Å²) in [5.74, 6) is 0. The lowest BCUT2D eigenvalue weighted by molar-refractivity contribution is -0.0873. The third-order valence-electron chi connectivity index (χ3n) is 3.16. The van der Waals surface area contributed by atoms with E-state index in [9.17, 15) is 0 Å². The van der Waals surface area contributed by atoms with E-state index in [0.717, 1.165) is 32.8 Å². The summed E-state index contributed by atoms with van der Waals surface area (Å²) < 4.78 is 5.17. The van der Waals surface area contributed by atoms with Crippen LogP contribution in [0.5, 0.6) is 0 Å². The first-order valence-electron chi connectivity index (χ1n) is 4.94. The maximum Gasteiger partial charge on any atom is 0.0645 e. The highest BCUT2D eigenvalue weighted by Gasteiger charge is 2.31. The van der Waals surface area contributed by atoms with Crippen LogP contribution >= 0.6 is 0 Å². The van der Waals surface area contributed by atoms with Gasteiger partial charge in [-0.05, 0) is 7.05 Å². The van der Waals surface area contributed by atoms with Crippen LogP contribution in [0.2, 0.25) is 0 Å². The van der Waals surface area contributed by atoms with Gasteiger partial charge in [-0.25, -0.2) is 0 Å². The number of piperazine rings is 1. The van der Waals surface area contributed by atoms with Crippen LogP contribution in [0.25, 0.3) is 0 Å². The van der Waals surface area contributed by atoms with E-state index in [-0.39, 0.29) is 6.61 Å². The van der Waals surface area contributed by atoms with E-state index in [1.54, 1.807) is 0 Å². The minimum absolute atomic E-state index is 0.264. The Morgan fingerprint density at radius 3 is 2.69 bits per heavy atom. The first-order valence-corrected chi connectivity index (χ1v) is 4.94. The zero-order chi connectivity index (χ0) is 9.26. The molecular weight excluding hydrogens is 168 g/mol. The molecule has 0 aliphatic carbocycles. The molecule has 2 fully saturated rings. The zero-order valence-corrected chi connectivity index (χ0v) is 8.15. The molecule has 1 atom stereocenters. The normalized spacial score (nSPS) is 33.2. The molecule has 0 aromatic carbocycles. The maximum absolute atomic E-state index is 9.15. The fraction of sp³-hybridized carbons (Fsp3) is 1.00. The van der Waals surface area contributed by atoms with Crippen molar-refractivity contribution in [3.63, 3.8) is 0 Å². The third kappa shape index (κ3) is 1.86. The molecule has 0 spiro atoms. The first-order chi connectivity index (χ1) is 6.31. The molecule has 4 nitrogen and oxygen atoms in total. The van der Waals surface area contributed by atoms with Crippen LogP contribution in [-0.2, 0) is 4.74 Å². The molecule has 0 amide bonds. The van der Waals surface area contributed by atoms with Crippen LogP contribution in [0.3, 0.4) is 0 Å². The highest BCUT2D eigenvalue weighted by Crippen LogP contribution is 2.15. The van der Waals surface area contributed by atoms with Crippen LogP contribution < -0.4 is 0 Å². The van der Waals surface area contributed by atoms with Crippen molar-refractivity contribution in [1.82, 2.24) is 9.80 Å². The molecule has 0 aromatic rings. The number of hydrogen-bond acceptors (Lipinski definition) is 4. The van der Waals surface area contributed by atoms with Gasteiger partial charge in [-0.15, -0.1) is 0 Å². The summed E-state index contributed by atoms with van der Waals surface area (Å²) >= 11 is 0. The molecule has 0 bridgehead atoms. The number of aliphatic hydroxyl groups excluding tert-OH is 1. The van der Waals surface area contributed by atoms with Crippen molar-refractivity contribution in [3.8, 4) is 0 Å². The Bertz CT molecular complexity index is 173. The summed E-state index contributed by atoms with van der Waals surface area (Å²) in [6, 6.07) is 0.928. The quantitative estimate of drug-likeness (QED) is 0.599. The van der Waals surface area contributed by atoms with Gasteiger partial charge in [-0.1, -0.05) is 0 Å². The second kappa shape index (κ2) is 3.92. The molecule has 1 N–H and O–H groups in total. The minimum Gasteiger partial charge on any atom is -0.395 e. The molecule has 2 heterocycles. The van der Waals surface area contributed by atoms with E-state index >= 15 is 0 Å². The fourth-order valence-corrected chi connectivity index (χ4v) is 1.93. The van der Waals surface area contributed by atoms with E-state index in [1.165, 1.54) is 0 Å². The lowest BCUT2D eigenvalue weighted by Gasteiger charge is -2.45. The lowest BCUT2D eigenvalue weighted by Crippen LogP contribution is -2.60. The Morgan fingerprint density at radius 2 is 2.15 bits per heavy atom. The minimum atomic E-state index is 0.264. The van der Waals surface area contributed by atoms with Crippen LogP contribution in [0.15, 0.2) is 0 Å². The van der Waals surface area contributed by atoms with E-state index < -0.39 is 0 Å². The summed E-state index contributed by atoms with van der Waals surface area (Å²) in [5, 5.41) is 9.15. The van der Waals surface area contributed by atoms with Gasteiger partial charge in [0.05, 0.1) is 25.9 Å². The van der Waals surface area contributed by atoms with E-state index in [2.05, 4.69) is 16.8 Å². The lowest BCUT2D eigenvalue weighted by atomic mass is 10.1. The van der Waals surface area contributed by atoms with Crippen molar-refractivity contribution < 1.29 is 9.84 Å². The largest absolute Gasteiger partial charge is 0.395 e. The topological polar surface area (TPSA) is 35.9 Å². The Balaban J connectivity index is 1.86. The number of nitrogens with zero attached hydrogens (tertiary/aromatic N) is 2. The molecule has 4 heteroatoms. The van der Waals surface area contributed by atoms with E-state index in [0.29, 0.717) is 12.1 Å². The van der Waals surface area contributed by atoms with Crippen molar-refractivity contribution in [2.75, 3.05) is 46.5 Å². The van der Waals surface area contributed by atoms with Gasteiger partial charge >= 0.3 is 0 Å². The van der Waals surface area contributed by atoms with Gasteiger partial charge in [-0.3, -0.25) is 9.80 Å². The summed E-state index contributed by atoms with van der Waals surface area (Å²) in [6.45, 7) is 5.17. The molecule has 2 aliphatic rings. The van der Waals surface area contributed by atoms with Gasteiger partial charge in [-0.2, -0.15) is 0 Å². The zero-order valence-electron chi connectivity index (χ0n) is 8.15. The SMILES string of the molecule is CN1CCN(C2COC2)CC1CO. The van der Waals surface area contributed by atoms with Gasteiger partial charge in [0.2, 0.25) is 0 Å². The molecule has 0 saturated carbocycles. The number of ether oxygens (including phenoxy) is 1. The molecule has 2 rings (SSSR count). The average molecular weight is 186 g/mol. The van der Waals surface area contributed by atoms with Crippen molar-refractivity contribution >= 4 is 0 Å². The van der Waals surface area contributed by atoms with Gasteiger partial charge in [0.25, 0.3) is 0 Å². The van der Waals surface area contributed by atoms with Crippen LogP contribution in [0.4, 0.5) is 0 Å². The summed E-state index contributed by atoms with van der Waals surface area (Å²) in [7, 11) is 2.08. The monoisotopic (exact) mass is 186 g/mol. The van der Waals surface area contributed by atoms with Crippen LogP contribution in [-0.4, -0.2) is 73.5 Å². The molecular formula is C9H18N2O2. The summed E-state index contributed by atoms with van der Waals surface area (Å²) in [5.41, 5.74) is 0. The van der Waals surface area contributed by atoms with E-state index in [4.69, 9.17) is 9.84 Å². The Hall–Kier alpha value is -0.160. The Labute approximate surface area is 79.1 Å². The van der Waals surface area contributed by atoms with Crippen molar-refractivity contribution in [3.05, 3.63) is 0 Å². The van der Waals surface area contributed by atoms with Crippen molar-refractivity contribution in [2.24, 2.45) is 0 Å². The molecule has 76 valence electrons. The number of aliphatic hydroxyl groups is 1. The summed E-state index contributed by atoms with van der Waals surface area (Å²) in [6.07, 6.45) is 0. The van der Waals surface area contributed by atoms with Gasteiger partial charge in [0.1, 0.15) is 0 Å². The number of hydrogen-bond donors (Lipinski definition) is 1. The molecule has 2 aliphatic heterocycles. The fourth-order valence-electron chi connectivity index (χ4n) is 1.93. The molecule has 2 saturated heterocycles. The predicted molar refractivity (Wildman–Crippen MR) is 49.7 cm³/mol. The first kappa shape index (κ1) is 9.40. The van der Waals surface area contributed by atoms with Gasteiger partial charge in [0.15, 0.2) is 0 Å². The highest BCUT2D eigenvalue weighted by molar-refractivity contribution is 4.86. The molecule has 0 aromatic heterocycles. The smallest absolute Gasteiger partial charge is 0.0645 e. The maximum atomic E-state index is 9.15. The van der Waals surface area contributed by atoms with Crippen LogP contribution in [0, 0.1) is 0 Å². The molecule has 0 radical (unpaired) electrons. The standard InChI is InChI=1S/C9H18N2O2/c1-10-2-3-11(4-8(10)5-12)9-6-13-7-9/h8-9,12H,2-7H2,1H3. The second-order valence-electron chi connectivity index (χ2n) is 4.00. The van der Waals surface area contributed by atoms with Crippen LogP contribution in [0.1, 0.15) is 0 Å². The van der Waals surface area contributed by atoms with Crippen molar-refractivity contribution in [2.45, 2.75) is 12.1 Å². The predicted octanol–water partition coefficient (Wildman–Crippen LogP) is -1.01. The third-order valence-corrected chi connectivity index (χ3v) is 3.16. The Kier molecular flexibility index (Phi) is 2.83.